The van der Waals surface area contributed by atoms with Crippen LogP contribution in [0.3, 0.4) is 0 Å². The lowest BCUT2D eigenvalue weighted by atomic mass is 10.0. The highest BCUT2D eigenvalue weighted by molar-refractivity contribution is 14.1. The summed E-state index contributed by atoms with van der Waals surface area (Å²) in [6.45, 7) is 5.87. The molecule has 150 valence electrons. The Morgan fingerprint density at radius 3 is 2.89 bits per heavy atom. The maximum Gasteiger partial charge on any atom is 0.410 e. The molecule has 2 heterocycles. The van der Waals surface area contributed by atoms with Crippen molar-refractivity contribution in [3.63, 3.8) is 0 Å². The molecule has 0 spiro atoms. The molecule has 2 atom stereocenters. The summed E-state index contributed by atoms with van der Waals surface area (Å²) >= 11 is 3.87. The number of likely N-dealkylation sites (tertiary alicyclic amines) is 1. The summed E-state index contributed by atoms with van der Waals surface area (Å²) in [5.41, 5.74) is 1.32. The van der Waals surface area contributed by atoms with Gasteiger partial charge in [0.25, 0.3) is 0 Å². The molecule has 8 heteroatoms. The number of benzene rings is 1. The Balaban J connectivity index is 1.73. The highest BCUT2D eigenvalue weighted by atomic mass is 127. The third-order valence-corrected chi connectivity index (χ3v) is 6.94. The lowest BCUT2D eigenvalue weighted by Crippen LogP contribution is -2.51. The quantitative estimate of drug-likeness (QED) is 0.562. The SMILES string of the molecule is CC(C)(C)OC(=O)N1CCC(Nc2cccc3c(CC#N)c(I)sc23)C(F)C1. The second-order valence-electron chi connectivity index (χ2n) is 7.85. The Bertz CT molecular complexity index is 919. The van der Waals surface area contributed by atoms with Crippen molar-refractivity contribution in [2.75, 3.05) is 18.4 Å². The van der Waals surface area contributed by atoms with E-state index in [1.54, 1.807) is 32.1 Å². The highest BCUT2D eigenvalue weighted by Gasteiger charge is 2.34. The molecule has 28 heavy (non-hydrogen) atoms. The molecule has 1 aromatic carbocycles. The number of nitriles is 1. The Hall–Kier alpha value is -1.60. The molecule has 0 radical (unpaired) electrons. The minimum atomic E-state index is -1.19. The van der Waals surface area contributed by atoms with Gasteiger partial charge in [-0.25, -0.2) is 9.18 Å². The van der Waals surface area contributed by atoms with Gasteiger partial charge in [-0.05, 0) is 66.8 Å². The number of fused-ring (bicyclic) bond motifs is 1. The fourth-order valence-corrected chi connectivity index (χ4v) is 5.42. The Morgan fingerprint density at radius 1 is 1.50 bits per heavy atom. The largest absolute Gasteiger partial charge is 0.444 e. The van der Waals surface area contributed by atoms with Crippen LogP contribution < -0.4 is 5.32 Å². The molecule has 0 aliphatic carbocycles. The number of alkyl halides is 1. The van der Waals surface area contributed by atoms with Gasteiger partial charge in [0, 0.05) is 6.54 Å². The topological polar surface area (TPSA) is 65.4 Å². The van der Waals surface area contributed by atoms with Crippen LogP contribution >= 0.6 is 33.9 Å². The van der Waals surface area contributed by atoms with Crippen LogP contribution in [-0.4, -0.2) is 41.9 Å². The summed E-state index contributed by atoms with van der Waals surface area (Å²) in [5, 5.41) is 13.4. The molecule has 2 aromatic rings. The number of anilines is 1. The summed E-state index contributed by atoms with van der Waals surface area (Å²) in [7, 11) is 0. The summed E-state index contributed by atoms with van der Waals surface area (Å²) < 4.78 is 22.3. The second-order valence-corrected chi connectivity index (χ2v) is 10.7. The van der Waals surface area contributed by atoms with E-state index in [0.717, 1.165) is 24.2 Å². The fraction of sp³-hybridized carbons (Fsp3) is 0.500. The number of hydrogen-bond donors (Lipinski definition) is 1. The first-order valence-corrected chi connectivity index (χ1v) is 11.0. The van der Waals surface area contributed by atoms with Crippen LogP contribution in [0.2, 0.25) is 0 Å². The summed E-state index contributed by atoms with van der Waals surface area (Å²) in [4.78, 5) is 13.6. The Morgan fingerprint density at radius 2 is 2.25 bits per heavy atom. The molecule has 1 fully saturated rings. The number of piperidine rings is 1. The number of halogens is 2. The van der Waals surface area contributed by atoms with E-state index in [1.165, 1.54) is 4.90 Å². The van der Waals surface area contributed by atoms with Gasteiger partial charge in [0.15, 0.2) is 0 Å². The van der Waals surface area contributed by atoms with Crippen LogP contribution in [0.15, 0.2) is 18.2 Å². The zero-order valence-corrected chi connectivity index (χ0v) is 19.1. The first-order valence-electron chi connectivity index (χ1n) is 9.15. The average Bonchev–Trinajstić information content (AvgIpc) is 2.92. The smallest absolute Gasteiger partial charge is 0.410 e. The van der Waals surface area contributed by atoms with Crippen LogP contribution in [0, 0.1) is 14.2 Å². The lowest BCUT2D eigenvalue weighted by molar-refractivity contribution is 0.0125. The minimum Gasteiger partial charge on any atom is -0.444 e. The molecule has 0 bridgehead atoms. The number of nitrogens with one attached hydrogen (secondary N) is 1. The molecular weight excluding hydrogens is 492 g/mol. The average molecular weight is 515 g/mol. The van der Waals surface area contributed by atoms with Crippen molar-refractivity contribution < 1.29 is 13.9 Å². The number of rotatable bonds is 3. The third kappa shape index (κ3) is 4.69. The van der Waals surface area contributed by atoms with Crippen LogP contribution in [0.4, 0.5) is 14.9 Å². The number of thiophene rings is 1. The maximum atomic E-state index is 14.8. The molecule has 2 unspecified atom stereocenters. The predicted octanol–water partition coefficient (Wildman–Crippen LogP) is 5.33. The van der Waals surface area contributed by atoms with Crippen molar-refractivity contribution in [1.82, 2.24) is 4.90 Å². The maximum absolute atomic E-state index is 14.8. The van der Waals surface area contributed by atoms with Crippen LogP contribution in [0.25, 0.3) is 10.1 Å². The van der Waals surface area contributed by atoms with Gasteiger partial charge >= 0.3 is 6.09 Å². The van der Waals surface area contributed by atoms with Crippen molar-refractivity contribution in [3.8, 4) is 6.07 Å². The first kappa shape index (κ1) is 21.1. The van der Waals surface area contributed by atoms with E-state index in [-0.39, 0.29) is 12.6 Å². The zero-order chi connectivity index (χ0) is 20.5. The first-order chi connectivity index (χ1) is 13.2. The number of carbonyl (C=O) groups is 1. The zero-order valence-electron chi connectivity index (χ0n) is 16.1. The van der Waals surface area contributed by atoms with Gasteiger partial charge in [-0.2, -0.15) is 5.26 Å². The number of nitrogens with zero attached hydrogens (tertiary/aromatic N) is 2. The van der Waals surface area contributed by atoms with E-state index >= 15 is 0 Å². The van der Waals surface area contributed by atoms with E-state index in [4.69, 9.17) is 10.00 Å². The van der Waals surface area contributed by atoms with Crippen LogP contribution in [0.1, 0.15) is 32.8 Å². The van der Waals surface area contributed by atoms with E-state index in [2.05, 4.69) is 34.0 Å². The highest BCUT2D eigenvalue weighted by Crippen LogP contribution is 2.38. The molecule has 3 rings (SSSR count). The second kappa shape index (κ2) is 8.41. The molecule has 1 saturated heterocycles. The summed E-state index contributed by atoms with van der Waals surface area (Å²) in [5.74, 6) is 0. The Labute approximate surface area is 182 Å². The molecule has 1 aromatic heterocycles. The summed E-state index contributed by atoms with van der Waals surface area (Å²) in [6, 6.07) is 7.72. The molecule has 5 nitrogen and oxygen atoms in total. The molecule has 0 saturated carbocycles. The third-order valence-electron chi connectivity index (χ3n) is 4.56. The van der Waals surface area contributed by atoms with Gasteiger partial charge in [-0.15, -0.1) is 11.3 Å². The molecular formula is C20H23FIN3O2S. The minimum absolute atomic E-state index is 0.0181. The molecule has 1 amide bonds. The van der Waals surface area contributed by atoms with Gasteiger partial charge in [-0.3, -0.25) is 0 Å². The molecule has 1 aliphatic rings. The van der Waals surface area contributed by atoms with E-state index in [0.29, 0.717) is 19.4 Å². The predicted molar refractivity (Wildman–Crippen MR) is 119 cm³/mol. The van der Waals surface area contributed by atoms with Crippen LogP contribution in [-0.2, 0) is 11.2 Å². The van der Waals surface area contributed by atoms with Crippen molar-refractivity contribution >= 4 is 55.8 Å². The van der Waals surface area contributed by atoms with Gasteiger partial charge in [0.05, 0.1) is 38.3 Å². The summed E-state index contributed by atoms with van der Waals surface area (Å²) in [6.07, 6.45) is -0.787. The van der Waals surface area contributed by atoms with Crippen molar-refractivity contribution in [3.05, 3.63) is 26.6 Å². The van der Waals surface area contributed by atoms with E-state index in [9.17, 15) is 9.18 Å². The number of hydrogen-bond acceptors (Lipinski definition) is 5. The molecule has 1 aliphatic heterocycles. The number of ether oxygens (including phenoxy) is 1. The van der Waals surface area contributed by atoms with Crippen molar-refractivity contribution in [2.24, 2.45) is 0 Å². The standard InChI is InChI=1S/C20H23FIN3O2S/c1-20(2,3)27-19(26)25-10-8-15(14(21)11-25)24-16-6-4-5-12-13(7-9-23)18(22)28-17(12)16/h4-6,14-15,24H,7-8,10-11H2,1-3H3. The fourth-order valence-electron chi connectivity index (χ4n) is 3.26. The van der Waals surface area contributed by atoms with Gasteiger partial charge in [-0.1, -0.05) is 12.1 Å². The monoisotopic (exact) mass is 515 g/mol. The Kier molecular flexibility index (Phi) is 6.34. The number of amides is 1. The van der Waals surface area contributed by atoms with E-state index in [1.807, 2.05) is 18.2 Å². The lowest BCUT2D eigenvalue weighted by Gasteiger charge is -2.36. The normalized spacial score (nSPS) is 20.1. The van der Waals surface area contributed by atoms with Gasteiger partial charge < -0.3 is 15.0 Å². The number of carbonyl (C=O) groups excluding carboxylic acids is 1. The van der Waals surface area contributed by atoms with Crippen LogP contribution in [0.5, 0.6) is 0 Å². The van der Waals surface area contributed by atoms with E-state index < -0.39 is 17.9 Å². The van der Waals surface area contributed by atoms with Gasteiger partial charge in [0.2, 0.25) is 0 Å². The van der Waals surface area contributed by atoms with Crippen molar-refractivity contribution in [2.45, 2.75) is 51.4 Å². The van der Waals surface area contributed by atoms with Gasteiger partial charge in [0.1, 0.15) is 11.8 Å². The van der Waals surface area contributed by atoms with Crippen molar-refractivity contribution in [1.29, 1.82) is 5.26 Å². The molecule has 1 N–H and O–H groups in total.